The third-order valence-electron chi connectivity index (χ3n) is 2.44. The number of aryl methyl sites for hydroxylation is 1. The molecule has 0 bridgehead atoms. The summed E-state index contributed by atoms with van der Waals surface area (Å²) in [5.74, 6) is -1.69. The lowest BCUT2D eigenvalue weighted by atomic mass is 10.3. The molecule has 2 aromatic rings. The largest absolute Gasteiger partial charge is 0.338 e. The molecule has 1 aromatic heterocycles. The summed E-state index contributed by atoms with van der Waals surface area (Å²) >= 11 is 0. The highest BCUT2D eigenvalue weighted by molar-refractivity contribution is 5.91. The Kier molecular flexibility index (Phi) is 3.36. The first-order valence-corrected chi connectivity index (χ1v) is 5.27. The van der Waals surface area contributed by atoms with Crippen LogP contribution >= 0.6 is 0 Å². The fourth-order valence-corrected chi connectivity index (χ4v) is 1.49. The Labute approximate surface area is 102 Å². The zero-order valence-electron chi connectivity index (χ0n) is 9.65. The van der Waals surface area contributed by atoms with Crippen LogP contribution in [0, 0.1) is 11.6 Å². The maximum absolute atomic E-state index is 12.9. The summed E-state index contributed by atoms with van der Waals surface area (Å²) in [7, 11) is 1.77. The lowest BCUT2D eigenvalue weighted by Crippen LogP contribution is -2.16. The van der Waals surface area contributed by atoms with Gasteiger partial charge in [0, 0.05) is 31.2 Å². The van der Waals surface area contributed by atoms with E-state index in [0.717, 1.165) is 12.1 Å². The first kappa shape index (κ1) is 12.2. The number of aromatic nitrogens is 2. The van der Waals surface area contributed by atoms with Gasteiger partial charge in [-0.1, -0.05) is 0 Å². The molecule has 0 unspecified atom stereocenters. The van der Waals surface area contributed by atoms with E-state index in [2.05, 4.69) is 10.3 Å². The van der Waals surface area contributed by atoms with Gasteiger partial charge in [0.1, 0.15) is 5.82 Å². The van der Waals surface area contributed by atoms with Crippen LogP contribution in [0.5, 0.6) is 0 Å². The number of imidazole rings is 1. The van der Waals surface area contributed by atoms with E-state index in [1.54, 1.807) is 24.0 Å². The van der Waals surface area contributed by atoms with Crippen molar-refractivity contribution < 1.29 is 13.6 Å². The zero-order valence-corrected chi connectivity index (χ0v) is 9.65. The van der Waals surface area contributed by atoms with Crippen molar-refractivity contribution in [2.45, 2.75) is 6.42 Å². The van der Waals surface area contributed by atoms with Crippen molar-refractivity contribution in [3.63, 3.8) is 0 Å². The molecule has 0 aliphatic rings. The third-order valence-corrected chi connectivity index (χ3v) is 2.44. The molecule has 1 aromatic carbocycles. The second-order valence-electron chi connectivity index (χ2n) is 3.81. The van der Waals surface area contributed by atoms with E-state index < -0.39 is 11.6 Å². The van der Waals surface area contributed by atoms with Gasteiger partial charge in [-0.15, -0.1) is 0 Å². The molecule has 1 heterocycles. The van der Waals surface area contributed by atoms with E-state index >= 15 is 0 Å². The fourth-order valence-electron chi connectivity index (χ4n) is 1.49. The highest BCUT2D eigenvalue weighted by atomic mass is 19.2. The van der Waals surface area contributed by atoms with E-state index in [-0.39, 0.29) is 18.0 Å². The number of nitrogens with one attached hydrogen (secondary N) is 1. The zero-order chi connectivity index (χ0) is 13.1. The van der Waals surface area contributed by atoms with Gasteiger partial charge >= 0.3 is 0 Å². The maximum atomic E-state index is 12.9. The number of hydrogen-bond donors (Lipinski definition) is 1. The summed E-state index contributed by atoms with van der Waals surface area (Å²) in [6, 6.07) is 3.20. The molecule has 0 saturated heterocycles. The Bertz CT molecular complexity index is 580. The van der Waals surface area contributed by atoms with Crippen LogP contribution < -0.4 is 5.32 Å². The SMILES string of the molecule is Cn1ccnc1CC(=O)Nc1ccc(F)c(F)c1. The first-order valence-electron chi connectivity index (χ1n) is 5.27. The number of carbonyl (C=O) groups is 1. The average Bonchev–Trinajstić information content (AvgIpc) is 2.70. The number of rotatable bonds is 3. The van der Waals surface area contributed by atoms with Gasteiger partial charge in [0.15, 0.2) is 11.6 Å². The lowest BCUT2D eigenvalue weighted by Gasteiger charge is -2.05. The van der Waals surface area contributed by atoms with Crippen LogP contribution in [0.25, 0.3) is 0 Å². The summed E-state index contributed by atoms with van der Waals surface area (Å²) in [5, 5.41) is 2.48. The first-order chi connectivity index (χ1) is 8.56. The molecule has 18 heavy (non-hydrogen) atoms. The monoisotopic (exact) mass is 251 g/mol. The summed E-state index contributed by atoms with van der Waals surface area (Å²) in [6.07, 6.45) is 3.38. The number of carbonyl (C=O) groups excluding carboxylic acids is 1. The van der Waals surface area contributed by atoms with Gasteiger partial charge < -0.3 is 9.88 Å². The second kappa shape index (κ2) is 4.95. The van der Waals surface area contributed by atoms with Crippen LogP contribution in [0.2, 0.25) is 0 Å². The Hall–Kier alpha value is -2.24. The minimum absolute atomic E-state index is 0.0719. The summed E-state index contributed by atoms with van der Waals surface area (Å²) < 4.78 is 27.3. The minimum atomic E-state index is -0.996. The Morgan fingerprint density at radius 2 is 2.17 bits per heavy atom. The predicted octanol–water partition coefficient (Wildman–Crippen LogP) is 1.88. The summed E-state index contributed by atoms with van der Waals surface area (Å²) in [4.78, 5) is 15.6. The van der Waals surface area contributed by atoms with Gasteiger partial charge in [0.05, 0.1) is 6.42 Å². The molecule has 0 atom stereocenters. The smallest absolute Gasteiger partial charge is 0.231 e. The number of benzene rings is 1. The molecule has 0 radical (unpaired) electrons. The molecule has 0 fully saturated rings. The van der Waals surface area contributed by atoms with E-state index in [4.69, 9.17) is 0 Å². The van der Waals surface area contributed by atoms with Crippen LogP contribution in [0.1, 0.15) is 5.82 Å². The minimum Gasteiger partial charge on any atom is -0.338 e. The van der Waals surface area contributed by atoms with Gasteiger partial charge in [-0.3, -0.25) is 4.79 Å². The maximum Gasteiger partial charge on any atom is 0.231 e. The van der Waals surface area contributed by atoms with E-state index in [1.807, 2.05) is 0 Å². The van der Waals surface area contributed by atoms with Gasteiger partial charge in [-0.25, -0.2) is 13.8 Å². The van der Waals surface area contributed by atoms with E-state index in [9.17, 15) is 13.6 Å². The number of halogens is 2. The van der Waals surface area contributed by atoms with Crippen molar-refractivity contribution in [2.75, 3.05) is 5.32 Å². The molecular formula is C12H11F2N3O. The highest BCUT2D eigenvalue weighted by Gasteiger charge is 2.09. The average molecular weight is 251 g/mol. The van der Waals surface area contributed by atoms with Crippen molar-refractivity contribution in [1.82, 2.24) is 9.55 Å². The van der Waals surface area contributed by atoms with E-state index in [0.29, 0.717) is 5.82 Å². The standard InChI is InChI=1S/C12H11F2N3O/c1-17-5-4-15-11(17)7-12(18)16-8-2-3-9(13)10(14)6-8/h2-6H,7H2,1H3,(H,16,18). The van der Waals surface area contributed by atoms with Gasteiger partial charge in [0.25, 0.3) is 0 Å². The Morgan fingerprint density at radius 3 is 2.78 bits per heavy atom. The molecule has 1 N–H and O–H groups in total. The molecule has 0 aliphatic heterocycles. The van der Waals surface area contributed by atoms with Crippen LogP contribution in [-0.4, -0.2) is 15.5 Å². The molecule has 2 rings (SSSR count). The van der Waals surface area contributed by atoms with Crippen molar-refractivity contribution in [3.8, 4) is 0 Å². The van der Waals surface area contributed by atoms with Gasteiger partial charge in [0.2, 0.25) is 5.91 Å². The Morgan fingerprint density at radius 1 is 1.39 bits per heavy atom. The third kappa shape index (κ3) is 2.71. The van der Waals surface area contributed by atoms with Crippen LogP contribution in [0.15, 0.2) is 30.6 Å². The number of anilines is 1. The van der Waals surface area contributed by atoms with Crippen molar-refractivity contribution in [1.29, 1.82) is 0 Å². The van der Waals surface area contributed by atoms with Crippen molar-refractivity contribution in [2.24, 2.45) is 7.05 Å². The highest BCUT2D eigenvalue weighted by Crippen LogP contribution is 2.13. The Balaban J connectivity index is 2.03. The molecule has 0 aliphatic carbocycles. The van der Waals surface area contributed by atoms with Gasteiger partial charge in [-0.05, 0) is 12.1 Å². The normalized spacial score (nSPS) is 10.4. The lowest BCUT2D eigenvalue weighted by molar-refractivity contribution is -0.115. The predicted molar refractivity (Wildman–Crippen MR) is 61.9 cm³/mol. The molecular weight excluding hydrogens is 240 g/mol. The molecule has 4 nitrogen and oxygen atoms in total. The molecule has 6 heteroatoms. The van der Waals surface area contributed by atoms with Crippen molar-refractivity contribution in [3.05, 3.63) is 48.1 Å². The topological polar surface area (TPSA) is 46.9 Å². The quantitative estimate of drug-likeness (QED) is 0.905. The van der Waals surface area contributed by atoms with E-state index in [1.165, 1.54) is 6.07 Å². The number of nitrogens with zero attached hydrogens (tertiary/aromatic N) is 2. The van der Waals surface area contributed by atoms with Crippen LogP contribution in [-0.2, 0) is 18.3 Å². The number of amides is 1. The second-order valence-corrected chi connectivity index (χ2v) is 3.81. The number of hydrogen-bond acceptors (Lipinski definition) is 2. The summed E-state index contributed by atoms with van der Waals surface area (Å²) in [6.45, 7) is 0. The van der Waals surface area contributed by atoms with Crippen molar-refractivity contribution >= 4 is 11.6 Å². The fraction of sp³-hybridized carbons (Fsp3) is 0.167. The van der Waals surface area contributed by atoms with Crippen LogP contribution in [0.4, 0.5) is 14.5 Å². The molecule has 94 valence electrons. The molecule has 1 amide bonds. The van der Waals surface area contributed by atoms with Crippen LogP contribution in [0.3, 0.4) is 0 Å². The van der Waals surface area contributed by atoms with Gasteiger partial charge in [-0.2, -0.15) is 0 Å². The molecule has 0 saturated carbocycles. The molecule has 0 spiro atoms. The summed E-state index contributed by atoms with van der Waals surface area (Å²) in [5.41, 5.74) is 0.216.